The number of hydrogen-bond donors (Lipinski definition) is 1. The molecule has 1 fully saturated rings. The van der Waals surface area contributed by atoms with Gasteiger partial charge in [0.15, 0.2) is 0 Å². The van der Waals surface area contributed by atoms with E-state index >= 15 is 0 Å². The van der Waals surface area contributed by atoms with E-state index in [-0.39, 0.29) is 11.9 Å². The number of pyridine rings is 1. The van der Waals surface area contributed by atoms with Crippen LogP contribution in [0.2, 0.25) is 0 Å². The molecule has 0 aliphatic carbocycles. The van der Waals surface area contributed by atoms with Gasteiger partial charge in [-0.25, -0.2) is 4.98 Å². The molecule has 1 amide bonds. The third kappa shape index (κ3) is 4.39. The maximum Gasteiger partial charge on any atom is 0.220 e. The standard InChI is InChI=1S/C18H24N4OS/c1-2-16(23)21-17(18-20-8-10-24-18)15-6-4-9-22(13-15)12-14-5-3-7-19-11-14/h3,5,7-8,10-11,15,17H,2,4,6,9,12-13H2,1H3,(H,21,23)/t15-,17-/m1/s1. The van der Waals surface area contributed by atoms with Gasteiger partial charge in [0.1, 0.15) is 5.01 Å². The van der Waals surface area contributed by atoms with E-state index in [4.69, 9.17) is 0 Å². The van der Waals surface area contributed by atoms with E-state index in [0.29, 0.717) is 12.3 Å². The molecule has 0 aromatic carbocycles. The van der Waals surface area contributed by atoms with Crippen LogP contribution in [0, 0.1) is 5.92 Å². The van der Waals surface area contributed by atoms with Crippen LogP contribution in [0.5, 0.6) is 0 Å². The van der Waals surface area contributed by atoms with Crippen molar-refractivity contribution < 1.29 is 4.79 Å². The largest absolute Gasteiger partial charge is 0.347 e. The molecule has 2 aromatic heterocycles. The average Bonchev–Trinajstić information content (AvgIpc) is 3.15. The zero-order valence-electron chi connectivity index (χ0n) is 14.0. The van der Waals surface area contributed by atoms with Crippen molar-refractivity contribution in [3.8, 4) is 0 Å². The third-order valence-corrected chi connectivity index (χ3v) is 5.36. The minimum Gasteiger partial charge on any atom is -0.347 e. The Morgan fingerprint density at radius 3 is 3.12 bits per heavy atom. The van der Waals surface area contributed by atoms with Crippen LogP contribution < -0.4 is 5.32 Å². The summed E-state index contributed by atoms with van der Waals surface area (Å²) in [5.74, 6) is 0.497. The number of likely N-dealkylation sites (tertiary alicyclic amines) is 1. The number of carbonyl (C=O) groups excluding carboxylic acids is 1. The predicted molar refractivity (Wildman–Crippen MR) is 95.5 cm³/mol. The Hall–Kier alpha value is -1.79. The topological polar surface area (TPSA) is 58.1 Å². The van der Waals surface area contributed by atoms with E-state index in [1.54, 1.807) is 17.5 Å². The summed E-state index contributed by atoms with van der Waals surface area (Å²) in [7, 11) is 0. The fraction of sp³-hybridized carbons (Fsp3) is 0.500. The molecule has 1 saturated heterocycles. The summed E-state index contributed by atoms with van der Waals surface area (Å²) < 4.78 is 0. The molecule has 0 radical (unpaired) electrons. The fourth-order valence-electron chi connectivity index (χ4n) is 3.30. The van der Waals surface area contributed by atoms with Gasteiger partial charge in [-0.1, -0.05) is 13.0 Å². The minimum atomic E-state index is 0.0224. The van der Waals surface area contributed by atoms with E-state index in [1.807, 2.05) is 30.8 Å². The van der Waals surface area contributed by atoms with Crippen LogP contribution in [-0.2, 0) is 11.3 Å². The normalized spacial score (nSPS) is 19.8. The van der Waals surface area contributed by atoms with Crippen LogP contribution in [0.25, 0.3) is 0 Å². The van der Waals surface area contributed by atoms with Crippen LogP contribution in [-0.4, -0.2) is 33.9 Å². The zero-order valence-corrected chi connectivity index (χ0v) is 14.8. The number of thiazole rings is 1. The Bertz CT molecular complexity index is 632. The molecule has 0 spiro atoms. The summed E-state index contributed by atoms with van der Waals surface area (Å²) in [4.78, 5) is 23.1. The van der Waals surface area contributed by atoms with Gasteiger partial charge >= 0.3 is 0 Å². The highest BCUT2D eigenvalue weighted by molar-refractivity contribution is 7.09. The number of nitrogens with one attached hydrogen (secondary N) is 1. The second-order valence-electron chi connectivity index (χ2n) is 6.27. The van der Waals surface area contributed by atoms with Crippen molar-refractivity contribution in [2.24, 2.45) is 5.92 Å². The lowest BCUT2D eigenvalue weighted by Crippen LogP contribution is -2.42. The van der Waals surface area contributed by atoms with E-state index in [0.717, 1.165) is 37.5 Å². The first-order valence-corrected chi connectivity index (χ1v) is 9.44. The van der Waals surface area contributed by atoms with Gasteiger partial charge in [-0.3, -0.25) is 14.7 Å². The molecule has 2 aromatic rings. The van der Waals surface area contributed by atoms with E-state index < -0.39 is 0 Å². The van der Waals surface area contributed by atoms with Crippen LogP contribution >= 0.6 is 11.3 Å². The Labute approximate surface area is 147 Å². The Balaban J connectivity index is 1.69. The van der Waals surface area contributed by atoms with Gasteiger partial charge in [0, 0.05) is 43.5 Å². The molecule has 1 aliphatic rings. The molecule has 0 unspecified atom stereocenters. The molecule has 1 aliphatic heterocycles. The molecule has 0 saturated carbocycles. The van der Waals surface area contributed by atoms with E-state index in [2.05, 4.69) is 26.3 Å². The van der Waals surface area contributed by atoms with Gasteiger partial charge in [-0.15, -0.1) is 11.3 Å². The molecule has 0 bridgehead atoms. The Morgan fingerprint density at radius 2 is 2.42 bits per heavy atom. The van der Waals surface area contributed by atoms with Gasteiger partial charge in [-0.2, -0.15) is 0 Å². The van der Waals surface area contributed by atoms with Crippen molar-refractivity contribution >= 4 is 17.2 Å². The second-order valence-corrected chi connectivity index (χ2v) is 7.19. The van der Waals surface area contributed by atoms with Gasteiger partial charge in [0.05, 0.1) is 6.04 Å². The molecule has 3 heterocycles. The van der Waals surface area contributed by atoms with Crippen LogP contribution in [0.3, 0.4) is 0 Å². The summed E-state index contributed by atoms with van der Waals surface area (Å²) in [6, 6.07) is 4.12. The number of rotatable bonds is 6. The van der Waals surface area contributed by atoms with Gasteiger partial charge in [-0.05, 0) is 36.9 Å². The maximum atomic E-state index is 12.0. The van der Waals surface area contributed by atoms with Crippen molar-refractivity contribution in [2.45, 2.75) is 38.8 Å². The molecule has 3 rings (SSSR count). The number of nitrogens with zero attached hydrogens (tertiary/aromatic N) is 3. The average molecular weight is 344 g/mol. The lowest BCUT2D eigenvalue weighted by atomic mass is 9.90. The summed E-state index contributed by atoms with van der Waals surface area (Å²) in [5.41, 5.74) is 1.24. The van der Waals surface area contributed by atoms with Gasteiger partial charge < -0.3 is 5.32 Å². The van der Waals surface area contributed by atoms with Crippen molar-refractivity contribution in [3.63, 3.8) is 0 Å². The molecule has 2 atom stereocenters. The van der Waals surface area contributed by atoms with Crippen LogP contribution in [0.1, 0.15) is 42.8 Å². The first-order valence-electron chi connectivity index (χ1n) is 8.56. The molecule has 5 nitrogen and oxygen atoms in total. The number of piperidine rings is 1. The first-order chi connectivity index (χ1) is 11.8. The van der Waals surface area contributed by atoms with Crippen molar-refractivity contribution in [1.82, 2.24) is 20.2 Å². The summed E-state index contributed by atoms with van der Waals surface area (Å²) in [5, 5.41) is 6.19. The summed E-state index contributed by atoms with van der Waals surface area (Å²) in [6.45, 7) is 4.88. The molecular weight excluding hydrogens is 320 g/mol. The third-order valence-electron chi connectivity index (χ3n) is 4.50. The molecule has 24 heavy (non-hydrogen) atoms. The highest BCUT2D eigenvalue weighted by atomic mass is 32.1. The van der Waals surface area contributed by atoms with Crippen molar-refractivity contribution in [3.05, 3.63) is 46.7 Å². The second kappa shape index (κ2) is 8.35. The quantitative estimate of drug-likeness (QED) is 0.875. The smallest absolute Gasteiger partial charge is 0.220 e. The lowest BCUT2D eigenvalue weighted by molar-refractivity contribution is -0.122. The Kier molecular flexibility index (Phi) is 5.93. The van der Waals surface area contributed by atoms with Gasteiger partial charge in [0.25, 0.3) is 0 Å². The molecular formula is C18H24N4OS. The first kappa shape index (κ1) is 17.0. The number of aromatic nitrogens is 2. The van der Waals surface area contributed by atoms with Crippen LogP contribution in [0.15, 0.2) is 36.1 Å². The minimum absolute atomic E-state index is 0.0224. The van der Waals surface area contributed by atoms with Crippen molar-refractivity contribution in [1.29, 1.82) is 0 Å². The maximum absolute atomic E-state index is 12.0. The van der Waals surface area contributed by atoms with Crippen LogP contribution in [0.4, 0.5) is 0 Å². The monoisotopic (exact) mass is 344 g/mol. The SMILES string of the molecule is CCC(=O)N[C@@H](c1nccs1)[C@@H]1CCCN(Cc2cccnc2)C1. The van der Waals surface area contributed by atoms with E-state index in [9.17, 15) is 4.79 Å². The summed E-state index contributed by atoms with van der Waals surface area (Å²) in [6.07, 6.45) is 8.34. The number of hydrogen-bond acceptors (Lipinski definition) is 5. The molecule has 128 valence electrons. The number of amides is 1. The highest BCUT2D eigenvalue weighted by Crippen LogP contribution is 2.31. The number of carbonyl (C=O) groups is 1. The Morgan fingerprint density at radius 1 is 1.50 bits per heavy atom. The zero-order chi connectivity index (χ0) is 16.8. The molecule has 1 N–H and O–H groups in total. The van der Waals surface area contributed by atoms with Gasteiger partial charge in [0.2, 0.25) is 5.91 Å². The lowest BCUT2D eigenvalue weighted by Gasteiger charge is -2.36. The highest BCUT2D eigenvalue weighted by Gasteiger charge is 2.30. The van der Waals surface area contributed by atoms with E-state index in [1.165, 1.54) is 5.56 Å². The predicted octanol–water partition coefficient (Wildman–Crippen LogP) is 3.02. The summed E-state index contributed by atoms with van der Waals surface area (Å²) >= 11 is 1.63. The molecule has 6 heteroatoms. The fourth-order valence-corrected chi connectivity index (χ4v) is 4.08. The van der Waals surface area contributed by atoms with Crippen molar-refractivity contribution in [2.75, 3.05) is 13.1 Å².